The lowest BCUT2D eigenvalue weighted by molar-refractivity contribution is 0.836. The SMILES string of the molecule is CC/C(C)=N\Nc1cc2[nH]c(C(C)C)cc2cc1Cl. The lowest BCUT2D eigenvalue weighted by atomic mass is 10.1. The Kier molecular flexibility index (Phi) is 4.15. The van der Waals surface area contributed by atoms with E-state index >= 15 is 0 Å². The van der Waals surface area contributed by atoms with E-state index < -0.39 is 0 Å². The van der Waals surface area contributed by atoms with Crippen molar-refractivity contribution in [3.63, 3.8) is 0 Å². The Morgan fingerprint density at radius 3 is 2.74 bits per heavy atom. The Morgan fingerprint density at radius 2 is 2.11 bits per heavy atom. The van der Waals surface area contributed by atoms with Gasteiger partial charge in [-0.05, 0) is 37.5 Å². The van der Waals surface area contributed by atoms with Crippen LogP contribution in [0.2, 0.25) is 5.02 Å². The molecule has 2 aromatic rings. The molecule has 0 atom stereocenters. The molecule has 0 bridgehead atoms. The Labute approximate surface area is 119 Å². The van der Waals surface area contributed by atoms with Crippen molar-refractivity contribution in [3.05, 3.63) is 28.9 Å². The fourth-order valence-electron chi connectivity index (χ4n) is 1.81. The van der Waals surface area contributed by atoms with Gasteiger partial charge < -0.3 is 4.98 Å². The molecule has 0 saturated heterocycles. The summed E-state index contributed by atoms with van der Waals surface area (Å²) >= 11 is 6.27. The van der Waals surface area contributed by atoms with E-state index in [2.05, 4.69) is 42.3 Å². The van der Waals surface area contributed by atoms with Gasteiger partial charge in [-0.25, -0.2) is 0 Å². The zero-order valence-corrected chi connectivity index (χ0v) is 12.6. The van der Waals surface area contributed by atoms with Crippen LogP contribution < -0.4 is 5.43 Å². The average Bonchev–Trinajstić information content (AvgIpc) is 2.78. The van der Waals surface area contributed by atoms with Crippen LogP contribution in [0.5, 0.6) is 0 Å². The highest BCUT2D eigenvalue weighted by Crippen LogP contribution is 2.30. The summed E-state index contributed by atoms with van der Waals surface area (Å²) in [5, 5.41) is 6.11. The molecule has 102 valence electrons. The minimum atomic E-state index is 0.475. The number of H-pyrrole nitrogens is 1. The molecule has 1 aromatic heterocycles. The number of nitrogens with zero attached hydrogens (tertiary/aromatic N) is 1. The molecule has 0 fully saturated rings. The summed E-state index contributed by atoms with van der Waals surface area (Å²) < 4.78 is 0. The number of hydrogen-bond donors (Lipinski definition) is 2. The van der Waals surface area contributed by atoms with E-state index in [1.807, 2.05) is 19.1 Å². The van der Waals surface area contributed by atoms with Crippen LogP contribution in [-0.2, 0) is 0 Å². The number of hydrazone groups is 1. The first-order valence-corrected chi connectivity index (χ1v) is 7.00. The monoisotopic (exact) mass is 277 g/mol. The number of aromatic nitrogens is 1. The summed E-state index contributed by atoms with van der Waals surface area (Å²) in [4.78, 5) is 3.42. The van der Waals surface area contributed by atoms with E-state index in [0.29, 0.717) is 10.9 Å². The highest BCUT2D eigenvalue weighted by Gasteiger charge is 2.08. The van der Waals surface area contributed by atoms with Gasteiger partial charge in [-0.3, -0.25) is 5.43 Å². The smallest absolute Gasteiger partial charge is 0.0769 e. The predicted molar refractivity (Wildman–Crippen MR) is 84.4 cm³/mol. The third-order valence-corrected chi connectivity index (χ3v) is 3.54. The number of nitrogens with one attached hydrogen (secondary N) is 2. The number of rotatable bonds is 4. The Morgan fingerprint density at radius 1 is 1.37 bits per heavy atom. The fraction of sp³-hybridized carbons (Fsp3) is 0.400. The molecular formula is C15H20ClN3. The lowest BCUT2D eigenvalue weighted by Gasteiger charge is -2.05. The topological polar surface area (TPSA) is 40.2 Å². The average molecular weight is 278 g/mol. The number of aromatic amines is 1. The maximum atomic E-state index is 6.27. The van der Waals surface area contributed by atoms with Gasteiger partial charge in [0.15, 0.2) is 0 Å². The zero-order chi connectivity index (χ0) is 14.0. The number of fused-ring (bicyclic) bond motifs is 1. The van der Waals surface area contributed by atoms with E-state index in [-0.39, 0.29) is 0 Å². The highest BCUT2D eigenvalue weighted by atomic mass is 35.5. The molecule has 2 rings (SSSR count). The van der Waals surface area contributed by atoms with Crippen LogP contribution in [0.4, 0.5) is 5.69 Å². The molecule has 0 unspecified atom stereocenters. The predicted octanol–water partition coefficient (Wildman–Crippen LogP) is 5.14. The molecule has 0 aliphatic rings. The van der Waals surface area contributed by atoms with Gasteiger partial charge >= 0.3 is 0 Å². The zero-order valence-electron chi connectivity index (χ0n) is 11.8. The summed E-state index contributed by atoms with van der Waals surface area (Å²) in [6, 6.07) is 6.13. The minimum absolute atomic E-state index is 0.475. The van der Waals surface area contributed by atoms with Gasteiger partial charge in [-0.2, -0.15) is 5.10 Å². The Hall–Kier alpha value is -1.48. The number of benzene rings is 1. The van der Waals surface area contributed by atoms with Crippen molar-refractivity contribution in [2.45, 2.75) is 40.0 Å². The summed E-state index contributed by atoms with van der Waals surface area (Å²) in [5.41, 5.74) is 7.21. The molecular weight excluding hydrogens is 258 g/mol. The second-order valence-electron chi connectivity index (χ2n) is 5.11. The van der Waals surface area contributed by atoms with E-state index in [1.54, 1.807) is 0 Å². The van der Waals surface area contributed by atoms with Crippen molar-refractivity contribution in [2.75, 3.05) is 5.43 Å². The van der Waals surface area contributed by atoms with Crippen molar-refractivity contribution >= 4 is 33.9 Å². The van der Waals surface area contributed by atoms with Gasteiger partial charge in [0.2, 0.25) is 0 Å². The molecule has 3 nitrogen and oxygen atoms in total. The van der Waals surface area contributed by atoms with E-state index in [4.69, 9.17) is 11.6 Å². The van der Waals surface area contributed by atoms with Crippen LogP contribution in [0.1, 0.15) is 45.7 Å². The maximum Gasteiger partial charge on any atom is 0.0769 e. The first-order chi connectivity index (χ1) is 9.01. The summed E-state index contributed by atoms with van der Waals surface area (Å²) in [5.74, 6) is 0.475. The molecule has 1 aromatic carbocycles. The first kappa shape index (κ1) is 13.9. The fourth-order valence-corrected chi connectivity index (χ4v) is 2.02. The second kappa shape index (κ2) is 5.66. The van der Waals surface area contributed by atoms with Crippen LogP contribution in [0.15, 0.2) is 23.3 Å². The molecule has 0 saturated carbocycles. The van der Waals surface area contributed by atoms with Crippen LogP contribution in [0.25, 0.3) is 10.9 Å². The molecule has 4 heteroatoms. The number of anilines is 1. The summed E-state index contributed by atoms with van der Waals surface area (Å²) in [7, 11) is 0. The quantitative estimate of drug-likeness (QED) is 0.589. The van der Waals surface area contributed by atoms with Gasteiger partial charge in [-0.1, -0.05) is 32.4 Å². The van der Waals surface area contributed by atoms with Crippen molar-refractivity contribution in [1.29, 1.82) is 0 Å². The highest BCUT2D eigenvalue weighted by molar-refractivity contribution is 6.34. The summed E-state index contributed by atoms with van der Waals surface area (Å²) in [6.45, 7) is 8.40. The standard InChI is InChI=1S/C15H20ClN3/c1-5-10(4)18-19-15-8-14-11(6-12(15)16)7-13(17-14)9(2)3/h6-9,17,19H,5H2,1-4H3/b18-10-. The van der Waals surface area contributed by atoms with Crippen molar-refractivity contribution in [2.24, 2.45) is 5.10 Å². The largest absolute Gasteiger partial charge is 0.358 e. The number of halogens is 1. The van der Waals surface area contributed by atoms with Gasteiger partial charge in [0.05, 0.1) is 10.7 Å². The molecule has 19 heavy (non-hydrogen) atoms. The molecule has 0 spiro atoms. The Bertz CT molecular complexity index is 611. The molecule has 0 amide bonds. The van der Waals surface area contributed by atoms with Crippen molar-refractivity contribution in [1.82, 2.24) is 4.98 Å². The normalized spacial score (nSPS) is 12.4. The lowest BCUT2D eigenvalue weighted by Crippen LogP contribution is -1.96. The third kappa shape index (κ3) is 3.10. The molecule has 2 N–H and O–H groups in total. The van der Waals surface area contributed by atoms with Crippen LogP contribution in [0, 0.1) is 0 Å². The maximum absolute atomic E-state index is 6.27. The summed E-state index contributed by atoms with van der Waals surface area (Å²) in [6.07, 6.45) is 0.923. The van der Waals surface area contributed by atoms with Gasteiger partial charge in [-0.15, -0.1) is 0 Å². The van der Waals surface area contributed by atoms with Gasteiger partial charge in [0.25, 0.3) is 0 Å². The van der Waals surface area contributed by atoms with Crippen molar-refractivity contribution < 1.29 is 0 Å². The van der Waals surface area contributed by atoms with Crippen molar-refractivity contribution in [3.8, 4) is 0 Å². The van der Waals surface area contributed by atoms with Crippen LogP contribution in [-0.4, -0.2) is 10.7 Å². The molecule has 0 aliphatic carbocycles. The Balaban J connectivity index is 2.37. The minimum Gasteiger partial charge on any atom is -0.358 e. The molecule has 1 heterocycles. The van der Waals surface area contributed by atoms with E-state index in [1.165, 1.54) is 5.69 Å². The molecule has 0 radical (unpaired) electrons. The number of hydrogen-bond acceptors (Lipinski definition) is 2. The molecule has 0 aliphatic heterocycles. The second-order valence-corrected chi connectivity index (χ2v) is 5.52. The van der Waals surface area contributed by atoms with E-state index in [9.17, 15) is 0 Å². The first-order valence-electron chi connectivity index (χ1n) is 6.62. The van der Waals surface area contributed by atoms with Gasteiger partial charge in [0.1, 0.15) is 0 Å². The van der Waals surface area contributed by atoms with Crippen LogP contribution >= 0.6 is 11.6 Å². The van der Waals surface area contributed by atoms with Gasteiger partial charge in [0, 0.05) is 22.3 Å². The third-order valence-electron chi connectivity index (χ3n) is 3.23. The van der Waals surface area contributed by atoms with Crippen LogP contribution in [0.3, 0.4) is 0 Å². The van der Waals surface area contributed by atoms with E-state index in [0.717, 1.165) is 28.7 Å².